The number of hydrogen-bond acceptors (Lipinski definition) is 10. The molecule has 2 aromatic heterocycles. The largest absolute Gasteiger partial charge is 0.477 e. The van der Waals surface area contributed by atoms with Crippen molar-refractivity contribution < 1.29 is 28.6 Å². The number of hydrogen-bond donors (Lipinski definition) is 2. The minimum atomic E-state index is -1.28. The second kappa shape index (κ2) is 20.2. The minimum absolute atomic E-state index is 0. The van der Waals surface area contributed by atoms with E-state index < -0.39 is 34.4 Å². The number of aromatic nitrogens is 2. The summed E-state index contributed by atoms with van der Waals surface area (Å²) in [6.45, 7) is 7.64. The van der Waals surface area contributed by atoms with Gasteiger partial charge in [0.15, 0.2) is 0 Å². The van der Waals surface area contributed by atoms with Gasteiger partial charge in [-0.15, -0.1) is 12.4 Å². The van der Waals surface area contributed by atoms with Gasteiger partial charge in [-0.1, -0.05) is 24.3 Å². The van der Waals surface area contributed by atoms with Gasteiger partial charge in [0.25, 0.3) is 0 Å². The molecule has 2 aliphatic carbocycles. The van der Waals surface area contributed by atoms with Gasteiger partial charge in [0.2, 0.25) is 10.9 Å². The molecular weight excluding hydrogens is 906 g/mol. The first-order valence-corrected chi connectivity index (χ1v) is 23.3. The van der Waals surface area contributed by atoms with Gasteiger partial charge in [0.05, 0.1) is 22.4 Å². The number of carboxylic acid groups (broad SMARTS) is 2. The average Bonchev–Trinajstić information content (AvgIpc) is 4.27. The van der Waals surface area contributed by atoms with E-state index in [1.807, 2.05) is 47.1 Å². The van der Waals surface area contributed by atoms with Gasteiger partial charge >= 0.3 is 11.9 Å². The predicted molar refractivity (Wildman–Crippen MR) is 271 cm³/mol. The Hall–Kier alpha value is -6.49. The van der Waals surface area contributed by atoms with Crippen LogP contribution in [0.25, 0.3) is 21.8 Å². The van der Waals surface area contributed by atoms with E-state index >= 15 is 8.78 Å². The molecule has 0 atom stereocenters. The number of halogens is 3. The molecule has 6 aromatic rings. The molecule has 4 fully saturated rings. The van der Waals surface area contributed by atoms with Crippen LogP contribution in [-0.4, -0.2) is 122 Å². The number of aromatic carboxylic acids is 2. The van der Waals surface area contributed by atoms with E-state index in [4.69, 9.17) is 0 Å². The van der Waals surface area contributed by atoms with Crippen LogP contribution in [0.2, 0.25) is 0 Å². The van der Waals surface area contributed by atoms with E-state index in [-0.39, 0.29) is 46.4 Å². The van der Waals surface area contributed by atoms with E-state index in [9.17, 15) is 29.4 Å². The predicted octanol–water partition coefficient (Wildman–Crippen LogP) is 7.55. The third kappa shape index (κ3) is 10.6. The molecule has 0 bridgehead atoms. The highest BCUT2D eigenvalue weighted by Gasteiger charge is 2.30. The number of carbonyl (C=O) groups is 2. The minimum Gasteiger partial charge on any atom is -0.477 e. The quantitative estimate of drug-likeness (QED) is 0.125. The Balaban J connectivity index is 0.000000183. The Morgan fingerprint density at radius 2 is 0.884 bits per heavy atom. The molecule has 10 rings (SSSR count). The van der Waals surface area contributed by atoms with Crippen LogP contribution in [0.3, 0.4) is 0 Å². The van der Waals surface area contributed by atoms with Crippen LogP contribution >= 0.6 is 12.4 Å². The van der Waals surface area contributed by atoms with Crippen molar-refractivity contribution in [3.05, 3.63) is 140 Å². The normalized spacial score (nSPS) is 16.5. The Morgan fingerprint density at radius 1 is 0.551 bits per heavy atom. The topological polar surface area (TPSA) is 138 Å². The number of benzene rings is 4. The summed E-state index contributed by atoms with van der Waals surface area (Å²) in [5, 5.41) is 19.1. The van der Waals surface area contributed by atoms with Gasteiger partial charge in [0, 0.05) is 140 Å². The Bertz CT molecular complexity index is 2790. The van der Waals surface area contributed by atoms with Crippen LogP contribution in [0.4, 0.5) is 31.5 Å². The van der Waals surface area contributed by atoms with E-state index in [1.54, 1.807) is 12.1 Å². The van der Waals surface area contributed by atoms with Crippen molar-refractivity contribution >= 4 is 68.9 Å². The second-order valence-corrected chi connectivity index (χ2v) is 18.9. The zero-order valence-corrected chi connectivity index (χ0v) is 40.2. The first-order chi connectivity index (χ1) is 32.6. The number of pyridine rings is 2. The monoisotopic (exact) mass is 964 g/mol. The van der Waals surface area contributed by atoms with E-state index in [2.05, 4.69) is 68.1 Å². The summed E-state index contributed by atoms with van der Waals surface area (Å²) in [6.07, 6.45) is 6.56. The van der Waals surface area contributed by atoms with Crippen LogP contribution in [0, 0.1) is 11.6 Å². The van der Waals surface area contributed by atoms with Gasteiger partial charge in [-0.05, 0) is 85.3 Å². The van der Waals surface area contributed by atoms with Crippen LogP contribution in [0.5, 0.6) is 0 Å². The van der Waals surface area contributed by atoms with Crippen molar-refractivity contribution in [1.29, 1.82) is 0 Å². The molecule has 17 heteroatoms. The fourth-order valence-corrected chi connectivity index (χ4v) is 9.43. The lowest BCUT2D eigenvalue weighted by atomic mass is 10.1. The lowest BCUT2D eigenvalue weighted by Gasteiger charge is -2.36. The molecule has 4 aromatic carbocycles. The van der Waals surface area contributed by atoms with Gasteiger partial charge in [0.1, 0.15) is 22.8 Å². The van der Waals surface area contributed by atoms with Crippen molar-refractivity contribution in [2.45, 2.75) is 50.9 Å². The first-order valence-electron chi connectivity index (χ1n) is 23.3. The van der Waals surface area contributed by atoms with Crippen molar-refractivity contribution in [2.75, 3.05) is 100 Å². The molecule has 0 amide bonds. The van der Waals surface area contributed by atoms with Gasteiger partial charge in [-0.25, -0.2) is 18.4 Å². The summed E-state index contributed by atoms with van der Waals surface area (Å²) in [5.74, 6) is -3.53. The molecule has 2 saturated carbocycles. The van der Waals surface area contributed by atoms with Crippen molar-refractivity contribution in [1.82, 2.24) is 18.9 Å². The zero-order chi connectivity index (χ0) is 48.0. The van der Waals surface area contributed by atoms with E-state index in [1.165, 1.54) is 47.0 Å². The van der Waals surface area contributed by atoms with Crippen LogP contribution in [0.1, 0.15) is 69.6 Å². The maximum Gasteiger partial charge on any atom is 0.341 e. The molecular formula is C52H59ClF2N8O6. The Labute approximate surface area is 405 Å². The highest BCUT2D eigenvalue weighted by molar-refractivity contribution is 5.95. The molecule has 0 unspecified atom stereocenters. The second-order valence-electron chi connectivity index (χ2n) is 18.9. The summed E-state index contributed by atoms with van der Waals surface area (Å²) in [5.41, 5.74) is 5.12. The van der Waals surface area contributed by atoms with Crippen LogP contribution < -0.4 is 30.5 Å². The summed E-state index contributed by atoms with van der Waals surface area (Å²) in [6, 6.07) is 23.3. The number of nitrogens with zero attached hydrogens (tertiary/aromatic N) is 8. The molecule has 2 N–H and O–H groups in total. The van der Waals surface area contributed by atoms with Crippen molar-refractivity contribution in [3.8, 4) is 0 Å². The lowest BCUT2D eigenvalue weighted by molar-refractivity contribution is 0.0684. The fraction of sp³-hybridized carbons (Fsp3) is 0.385. The molecule has 69 heavy (non-hydrogen) atoms. The number of rotatable bonds is 12. The van der Waals surface area contributed by atoms with Gasteiger partial charge < -0.3 is 38.9 Å². The van der Waals surface area contributed by atoms with E-state index in [0.29, 0.717) is 48.6 Å². The highest BCUT2D eigenvalue weighted by atomic mass is 35.5. The molecule has 4 aliphatic rings. The molecule has 2 aliphatic heterocycles. The van der Waals surface area contributed by atoms with Gasteiger partial charge in [-0.2, -0.15) is 0 Å². The maximum atomic E-state index is 15.2. The molecule has 0 spiro atoms. The van der Waals surface area contributed by atoms with Crippen LogP contribution in [-0.2, 0) is 13.1 Å². The third-order valence-corrected chi connectivity index (χ3v) is 13.7. The Morgan fingerprint density at radius 3 is 1.17 bits per heavy atom. The highest BCUT2D eigenvalue weighted by Crippen LogP contribution is 2.40. The number of fused-ring (bicyclic) bond motifs is 2. The lowest BCUT2D eigenvalue weighted by Crippen LogP contribution is -2.46. The van der Waals surface area contributed by atoms with Crippen molar-refractivity contribution in [2.24, 2.45) is 0 Å². The van der Waals surface area contributed by atoms with Gasteiger partial charge in [-0.3, -0.25) is 19.4 Å². The molecule has 14 nitrogen and oxygen atoms in total. The van der Waals surface area contributed by atoms with Crippen LogP contribution in [0.15, 0.2) is 94.8 Å². The molecule has 364 valence electrons. The number of carboxylic acids is 2. The van der Waals surface area contributed by atoms with Crippen molar-refractivity contribution in [3.63, 3.8) is 0 Å². The smallest absolute Gasteiger partial charge is 0.341 e. The summed E-state index contributed by atoms with van der Waals surface area (Å²) in [7, 11) is 8.09. The maximum absolute atomic E-state index is 15.2. The molecule has 0 radical (unpaired) electrons. The number of piperazine rings is 2. The molecule has 2 saturated heterocycles. The average molecular weight is 966 g/mol. The Kier molecular flexibility index (Phi) is 14.4. The molecule has 4 heterocycles. The summed E-state index contributed by atoms with van der Waals surface area (Å²) >= 11 is 0. The first kappa shape index (κ1) is 48.9. The fourth-order valence-electron chi connectivity index (χ4n) is 9.43. The zero-order valence-electron chi connectivity index (χ0n) is 39.4. The summed E-state index contributed by atoms with van der Waals surface area (Å²) in [4.78, 5) is 61.4. The third-order valence-electron chi connectivity index (χ3n) is 13.7. The van der Waals surface area contributed by atoms with E-state index in [0.717, 1.165) is 65.0 Å². The summed E-state index contributed by atoms with van der Waals surface area (Å²) < 4.78 is 34.0. The SMILES string of the molecule is CN(C)c1ccc(CN2CCN(c3cc4c(cc3F)c(=O)c(C(=O)O)cn4C3CC3)CC2)cc1.CN(C)c1ccc(CN2CCN(c3cc4c(cc3F)c(=O)c(C(=O)O)cn4C3CC3)CC2)cc1.Cl. The number of anilines is 4. The standard InChI is InChI=1S/2C26H29FN4O3.ClH/c2*1-28(2)18-5-3-17(4-6-18)15-29-9-11-30(12-10-29)24-14-23-20(13-22(24)27)25(32)21(26(33)34)16-31(23)19-7-8-19;/h2*3-6,13-14,16,19H,7-12,15H2,1-2H3,(H,33,34);1H.